The highest BCUT2D eigenvalue weighted by atomic mass is 16.4. The zero-order chi connectivity index (χ0) is 13.0. The third-order valence-corrected chi connectivity index (χ3v) is 3.58. The molecule has 1 aromatic rings. The molecule has 0 aromatic carbocycles. The lowest BCUT2D eigenvalue weighted by Crippen LogP contribution is -2.33. The molecule has 5 heteroatoms. The zero-order valence-electron chi connectivity index (χ0n) is 11.6. The predicted octanol–water partition coefficient (Wildman–Crippen LogP) is 2.19. The molecule has 0 atom stereocenters. The van der Waals surface area contributed by atoms with Crippen molar-refractivity contribution in [2.24, 2.45) is 5.92 Å². The molecule has 0 amide bonds. The molecule has 1 fully saturated rings. The summed E-state index contributed by atoms with van der Waals surface area (Å²) in [6, 6.07) is 1.12. The van der Waals surface area contributed by atoms with Gasteiger partial charge in [0.2, 0.25) is 5.89 Å². The Morgan fingerprint density at radius 2 is 2.06 bits per heavy atom. The quantitative estimate of drug-likeness (QED) is 0.870. The molecular formula is C13H24N4O. The van der Waals surface area contributed by atoms with Gasteiger partial charge in [-0.25, -0.2) is 0 Å². The van der Waals surface area contributed by atoms with E-state index >= 15 is 0 Å². The number of aromatic nitrogens is 2. The summed E-state index contributed by atoms with van der Waals surface area (Å²) >= 11 is 0. The summed E-state index contributed by atoms with van der Waals surface area (Å²) in [6.45, 7) is 9.20. The summed E-state index contributed by atoms with van der Waals surface area (Å²) in [4.78, 5) is 2.21. The highest BCUT2D eigenvalue weighted by Crippen LogP contribution is 2.23. The van der Waals surface area contributed by atoms with E-state index in [2.05, 4.69) is 41.2 Å². The standard InChI is InChI=1S/C13H24N4O/c1-4-11-5-7-17(8-6-11)13-16-15-12(18-13)9-14-10(2)3/h10-11,14H,4-9H2,1-3H3. The van der Waals surface area contributed by atoms with Crippen molar-refractivity contribution in [2.45, 2.75) is 52.6 Å². The maximum atomic E-state index is 5.68. The third-order valence-electron chi connectivity index (χ3n) is 3.58. The van der Waals surface area contributed by atoms with Crippen LogP contribution < -0.4 is 10.2 Å². The van der Waals surface area contributed by atoms with E-state index in [1.54, 1.807) is 0 Å². The van der Waals surface area contributed by atoms with Gasteiger partial charge in [-0.2, -0.15) is 0 Å². The summed E-state index contributed by atoms with van der Waals surface area (Å²) in [5, 5.41) is 11.5. The lowest BCUT2D eigenvalue weighted by Gasteiger charge is -2.29. The Morgan fingerprint density at radius 3 is 2.67 bits per heavy atom. The van der Waals surface area contributed by atoms with Gasteiger partial charge in [-0.1, -0.05) is 32.3 Å². The van der Waals surface area contributed by atoms with Crippen LogP contribution in [-0.4, -0.2) is 29.3 Å². The van der Waals surface area contributed by atoms with Crippen LogP contribution in [-0.2, 0) is 6.54 Å². The number of hydrogen-bond acceptors (Lipinski definition) is 5. The van der Waals surface area contributed by atoms with Gasteiger partial charge in [-0.05, 0) is 18.8 Å². The van der Waals surface area contributed by atoms with E-state index in [1.807, 2.05) is 0 Å². The minimum atomic E-state index is 0.431. The second-order valence-electron chi connectivity index (χ2n) is 5.35. The fourth-order valence-corrected chi connectivity index (χ4v) is 2.27. The third kappa shape index (κ3) is 3.45. The minimum Gasteiger partial charge on any atom is -0.407 e. The molecule has 0 unspecified atom stereocenters. The van der Waals surface area contributed by atoms with E-state index in [0.717, 1.165) is 19.0 Å². The van der Waals surface area contributed by atoms with Crippen molar-refractivity contribution in [3.8, 4) is 0 Å². The zero-order valence-corrected chi connectivity index (χ0v) is 11.6. The largest absolute Gasteiger partial charge is 0.407 e. The van der Waals surface area contributed by atoms with E-state index in [-0.39, 0.29) is 0 Å². The van der Waals surface area contributed by atoms with E-state index in [1.165, 1.54) is 19.3 Å². The molecule has 18 heavy (non-hydrogen) atoms. The van der Waals surface area contributed by atoms with Crippen LogP contribution in [0.3, 0.4) is 0 Å². The van der Waals surface area contributed by atoms with Crippen molar-refractivity contribution < 1.29 is 4.42 Å². The molecule has 1 saturated heterocycles. The normalized spacial score (nSPS) is 17.7. The van der Waals surface area contributed by atoms with Gasteiger partial charge in [0.05, 0.1) is 6.54 Å². The van der Waals surface area contributed by atoms with Gasteiger partial charge in [0, 0.05) is 19.1 Å². The molecule has 1 aliphatic rings. The average Bonchev–Trinajstić information content (AvgIpc) is 2.85. The SMILES string of the molecule is CCC1CCN(c2nnc(CNC(C)C)o2)CC1. The Bertz CT molecular complexity index is 356. The fourth-order valence-electron chi connectivity index (χ4n) is 2.27. The minimum absolute atomic E-state index is 0.431. The maximum Gasteiger partial charge on any atom is 0.318 e. The van der Waals surface area contributed by atoms with Crippen molar-refractivity contribution in [3.05, 3.63) is 5.89 Å². The van der Waals surface area contributed by atoms with Crippen LogP contribution in [0.5, 0.6) is 0 Å². The van der Waals surface area contributed by atoms with Crippen LogP contribution in [0, 0.1) is 5.92 Å². The number of piperidine rings is 1. The highest BCUT2D eigenvalue weighted by Gasteiger charge is 2.21. The van der Waals surface area contributed by atoms with Crippen LogP contribution in [0.2, 0.25) is 0 Å². The van der Waals surface area contributed by atoms with E-state index in [0.29, 0.717) is 24.5 Å². The van der Waals surface area contributed by atoms with E-state index in [9.17, 15) is 0 Å². The van der Waals surface area contributed by atoms with Crippen molar-refractivity contribution in [2.75, 3.05) is 18.0 Å². The van der Waals surface area contributed by atoms with E-state index in [4.69, 9.17) is 4.42 Å². The van der Waals surface area contributed by atoms with Crippen LogP contribution in [0.25, 0.3) is 0 Å². The van der Waals surface area contributed by atoms with E-state index < -0.39 is 0 Å². The molecule has 2 heterocycles. The van der Waals surface area contributed by atoms with Gasteiger partial charge in [-0.3, -0.25) is 0 Å². The smallest absolute Gasteiger partial charge is 0.318 e. The Kier molecular flexibility index (Phi) is 4.58. The first-order valence-electron chi connectivity index (χ1n) is 6.99. The Morgan fingerprint density at radius 1 is 1.33 bits per heavy atom. The van der Waals surface area contributed by atoms with Crippen LogP contribution >= 0.6 is 0 Å². The number of nitrogens with one attached hydrogen (secondary N) is 1. The van der Waals surface area contributed by atoms with Crippen molar-refractivity contribution in [3.63, 3.8) is 0 Å². The summed E-state index contributed by atoms with van der Waals surface area (Å²) in [7, 11) is 0. The van der Waals surface area contributed by atoms with Gasteiger partial charge in [0.15, 0.2) is 0 Å². The van der Waals surface area contributed by atoms with Crippen LogP contribution in [0.1, 0.15) is 45.9 Å². The lowest BCUT2D eigenvalue weighted by atomic mass is 9.95. The predicted molar refractivity (Wildman–Crippen MR) is 71.5 cm³/mol. The average molecular weight is 252 g/mol. The van der Waals surface area contributed by atoms with Crippen LogP contribution in [0.15, 0.2) is 4.42 Å². The molecule has 1 aromatic heterocycles. The second-order valence-corrected chi connectivity index (χ2v) is 5.35. The van der Waals surface area contributed by atoms with Gasteiger partial charge in [-0.15, -0.1) is 5.10 Å². The number of hydrogen-bond donors (Lipinski definition) is 1. The summed E-state index contributed by atoms with van der Waals surface area (Å²) < 4.78 is 5.68. The lowest BCUT2D eigenvalue weighted by molar-refractivity contribution is 0.372. The molecule has 0 aliphatic carbocycles. The summed E-state index contributed by atoms with van der Waals surface area (Å²) in [5.74, 6) is 1.54. The second kappa shape index (κ2) is 6.18. The number of nitrogens with zero attached hydrogens (tertiary/aromatic N) is 3. The Labute approximate surface area is 109 Å². The topological polar surface area (TPSA) is 54.2 Å². The molecule has 0 saturated carbocycles. The van der Waals surface area contributed by atoms with Crippen molar-refractivity contribution in [1.29, 1.82) is 0 Å². The maximum absolute atomic E-state index is 5.68. The fraction of sp³-hybridized carbons (Fsp3) is 0.846. The van der Waals surface area contributed by atoms with Crippen molar-refractivity contribution in [1.82, 2.24) is 15.5 Å². The molecule has 1 N–H and O–H groups in total. The Hall–Kier alpha value is -1.10. The van der Waals surface area contributed by atoms with Gasteiger partial charge in [0.1, 0.15) is 0 Å². The molecule has 5 nitrogen and oxygen atoms in total. The van der Waals surface area contributed by atoms with Gasteiger partial charge >= 0.3 is 6.01 Å². The first-order chi connectivity index (χ1) is 8.69. The monoisotopic (exact) mass is 252 g/mol. The van der Waals surface area contributed by atoms with Gasteiger partial charge < -0.3 is 14.6 Å². The highest BCUT2D eigenvalue weighted by molar-refractivity contribution is 5.24. The molecule has 102 valence electrons. The molecule has 0 radical (unpaired) electrons. The number of rotatable bonds is 5. The first-order valence-corrected chi connectivity index (χ1v) is 6.99. The summed E-state index contributed by atoms with van der Waals surface area (Å²) in [6.07, 6.45) is 3.75. The molecule has 0 bridgehead atoms. The van der Waals surface area contributed by atoms with Crippen molar-refractivity contribution >= 4 is 6.01 Å². The molecular weight excluding hydrogens is 228 g/mol. The van der Waals surface area contributed by atoms with Crippen LogP contribution in [0.4, 0.5) is 6.01 Å². The molecule has 0 spiro atoms. The first kappa shape index (κ1) is 13.3. The Balaban J connectivity index is 1.86. The van der Waals surface area contributed by atoms with Gasteiger partial charge in [0.25, 0.3) is 0 Å². The number of anilines is 1. The molecule has 1 aliphatic heterocycles. The molecule has 2 rings (SSSR count). The summed E-state index contributed by atoms with van der Waals surface area (Å²) in [5.41, 5.74) is 0.